The van der Waals surface area contributed by atoms with Crippen LogP contribution in [0.5, 0.6) is 11.5 Å². The molecule has 0 spiro atoms. The van der Waals surface area contributed by atoms with Gasteiger partial charge in [0.05, 0.1) is 52.4 Å². The van der Waals surface area contributed by atoms with Gasteiger partial charge in [-0.15, -0.1) is 0 Å². The van der Waals surface area contributed by atoms with Crippen LogP contribution in [0, 0.1) is 5.92 Å². The van der Waals surface area contributed by atoms with Gasteiger partial charge in [-0.2, -0.15) is 22.0 Å². The molecule has 0 amide bonds. The minimum absolute atomic E-state index is 0.0500. The van der Waals surface area contributed by atoms with Gasteiger partial charge < -0.3 is 18.9 Å². The number of hydrogen-bond donors (Lipinski definition) is 1. The molecule has 10 nitrogen and oxygen atoms in total. The van der Waals surface area contributed by atoms with Gasteiger partial charge in [-0.1, -0.05) is 29.3 Å². The van der Waals surface area contributed by atoms with E-state index in [1.807, 2.05) is 4.72 Å². The van der Waals surface area contributed by atoms with Crippen molar-refractivity contribution < 1.29 is 54.1 Å². The van der Waals surface area contributed by atoms with Crippen molar-refractivity contribution in [3.05, 3.63) is 81.1 Å². The summed E-state index contributed by atoms with van der Waals surface area (Å²) in [4.78, 5) is 19.3. The molecule has 0 bridgehead atoms. The molecule has 0 radical (unpaired) electrons. The first kappa shape index (κ1) is 37.8. The topological polar surface area (TPSA) is 116 Å². The lowest BCUT2D eigenvalue weighted by atomic mass is 10.0. The minimum atomic E-state index is -4.97. The molecule has 272 valence electrons. The maximum absolute atomic E-state index is 14.0. The number of esters is 1. The smallest absolute Gasteiger partial charge is 0.418 e. The Morgan fingerprint density at radius 1 is 1.04 bits per heavy atom. The highest BCUT2D eigenvalue weighted by Gasteiger charge is 2.35. The maximum Gasteiger partial charge on any atom is 0.418 e. The fraction of sp³-hybridized carbons (Fsp3) is 0.438. The summed E-state index contributed by atoms with van der Waals surface area (Å²) in [7, 11) is -4.30. The second kappa shape index (κ2) is 16.3. The number of sulfonamides is 1. The zero-order chi connectivity index (χ0) is 36.1. The molecule has 2 heterocycles. The zero-order valence-corrected chi connectivity index (χ0v) is 28.6. The van der Waals surface area contributed by atoms with Crippen LogP contribution in [0.2, 0.25) is 10.0 Å². The number of benzene rings is 2. The van der Waals surface area contributed by atoms with E-state index in [4.69, 9.17) is 37.4 Å². The number of carbonyl (C=O) groups excluding carboxylic acids is 1. The van der Waals surface area contributed by atoms with Crippen LogP contribution in [0.1, 0.15) is 46.0 Å². The first-order chi connectivity index (χ1) is 23.7. The van der Waals surface area contributed by atoms with Crippen molar-refractivity contribution in [3.8, 4) is 11.5 Å². The highest BCUT2D eigenvalue weighted by atomic mass is 35.5. The van der Waals surface area contributed by atoms with E-state index in [0.29, 0.717) is 37.9 Å². The fourth-order valence-electron chi connectivity index (χ4n) is 5.06. The Morgan fingerprint density at radius 2 is 1.74 bits per heavy atom. The molecule has 18 heteroatoms. The van der Waals surface area contributed by atoms with Crippen LogP contribution in [0.25, 0.3) is 0 Å². The number of alkyl halides is 5. The molecule has 1 saturated heterocycles. The molecule has 1 N–H and O–H groups in total. The van der Waals surface area contributed by atoms with Crippen molar-refractivity contribution in [2.75, 3.05) is 49.9 Å². The van der Waals surface area contributed by atoms with Crippen molar-refractivity contribution in [2.45, 2.75) is 38.2 Å². The summed E-state index contributed by atoms with van der Waals surface area (Å²) in [5.41, 5.74) is -2.07. The lowest BCUT2D eigenvalue weighted by molar-refractivity contribution is -0.136. The molecule has 0 unspecified atom stereocenters. The second-order valence-electron chi connectivity index (χ2n) is 11.7. The largest absolute Gasteiger partial charge is 0.489 e. The number of aromatic nitrogens is 1. The van der Waals surface area contributed by atoms with Gasteiger partial charge in [0.2, 0.25) is 10.0 Å². The van der Waals surface area contributed by atoms with E-state index in [-0.39, 0.29) is 52.6 Å². The summed E-state index contributed by atoms with van der Waals surface area (Å²) in [5.74, 6) is -1.71. The molecule has 3 aromatic rings. The summed E-state index contributed by atoms with van der Waals surface area (Å²) >= 11 is 12.7. The molecule has 1 saturated carbocycles. The van der Waals surface area contributed by atoms with Gasteiger partial charge >= 0.3 is 18.8 Å². The van der Waals surface area contributed by atoms with Crippen molar-refractivity contribution in [2.24, 2.45) is 5.92 Å². The molecule has 1 aliphatic heterocycles. The van der Waals surface area contributed by atoms with Crippen LogP contribution >= 0.6 is 23.2 Å². The van der Waals surface area contributed by atoms with Gasteiger partial charge in [-0.25, -0.2) is 13.2 Å². The summed E-state index contributed by atoms with van der Waals surface area (Å²) < 4.78 is 117. The van der Waals surface area contributed by atoms with E-state index in [2.05, 4.69) is 9.72 Å². The van der Waals surface area contributed by atoms with E-state index in [0.717, 1.165) is 25.0 Å². The lowest BCUT2D eigenvalue weighted by Gasteiger charge is -2.26. The molecule has 2 aromatic carbocycles. The first-order valence-electron chi connectivity index (χ1n) is 15.4. The number of carbonyl (C=O) groups is 1. The van der Waals surface area contributed by atoms with Crippen molar-refractivity contribution in [1.29, 1.82) is 0 Å². The third kappa shape index (κ3) is 10.5. The van der Waals surface area contributed by atoms with Crippen LogP contribution in [0.3, 0.4) is 0 Å². The van der Waals surface area contributed by atoms with Gasteiger partial charge in [0.25, 0.3) is 0 Å². The molecular weight excluding hydrogens is 736 g/mol. The average molecular weight is 769 g/mol. The van der Waals surface area contributed by atoms with E-state index < -0.39 is 57.5 Å². The number of morpholine rings is 1. The average Bonchev–Trinajstić information content (AvgIpc) is 3.89. The Hall–Kier alpha value is -3.44. The minimum Gasteiger partial charge on any atom is -0.489 e. The maximum atomic E-state index is 14.0. The molecule has 2 fully saturated rings. The van der Waals surface area contributed by atoms with Crippen LogP contribution in [-0.4, -0.2) is 76.1 Å². The predicted molar refractivity (Wildman–Crippen MR) is 174 cm³/mol. The van der Waals surface area contributed by atoms with Crippen molar-refractivity contribution in [3.63, 3.8) is 0 Å². The standard InChI is InChI=1S/C32H32Cl2F5N3O7S/c33-24-16-40-17-25(34)22(24)15-28(20-4-6-27(49-31(35)36)29(14-20)47-18-19-1-2-19)48-30(43)21-3-5-23(32(37,38)39)26(13-21)41-50(44,45)12-9-42-7-10-46-11-8-42/h3-6,13-14,16-17,19,28,31,41H,1-2,7-12,15,18H2/t28-/m0/s1. The quantitative estimate of drug-likeness (QED) is 0.129. The van der Waals surface area contributed by atoms with Gasteiger partial charge in [-0.3, -0.25) is 14.6 Å². The molecule has 5 rings (SSSR count). The Morgan fingerprint density at radius 3 is 2.38 bits per heavy atom. The summed E-state index contributed by atoms with van der Waals surface area (Å²) in [5, 5.41) is 0.231. The second-order valence-corrected chi connectivity index (χ2v) is 14.3. The summed E-state index contributed by atoms with van der Waals surface area (Å²) in [6.07, 6.45) is -1.98. The van der Waals surface area contributed by atoms with E-state index in [9.17, 15) is 35.2 Å². The van der Waals surface area contributed by atoms with Crippen LogP contribution in [-0.2, 0) is 32.1 Å². The van der Waals surface area contributed by atoms with Crippen molar-refractivity contribution >= 4 is 44.9 Å². The molecule has 1 aliphatic carbocycles. The van der Waals surface area contributed by atoms with E-state index in [1.54, 1.807) is 4.90 Å². The number of nitrogens with zero attached hydrogens (tertiary/aromatic N) is 2. The molecule has 1 atom stereocenters. The summed E-state index contributed by atoms with van der Waals surface area (Å²) in [6.45, 7) is -1.13. The SMILES string of the molecule is O=C(O[C@@H](Cc1c(Cl)cncc1Cl)c1ccc(OC(F)F)c(OCC2CC2)c1)c1ccc(C(F)(F)F)c(NS(=O)(=O)CCN2CCOCC2)c1. The number of nitrogens with one attached hydrogen (secondary N) is 1. The number of pyridine rings is 1. The lowest BCUT2D eigenvalue weighted by Crippen LogP contribution is -2.39. The zero-order valence-electron chi connectivity index (χ0n) is 26.2. The van der Waals surface area contributed by atoms with E-state index in [1.165, 1.54) is 30.6 Å². The van der Waals surface area contributed by atoms with Crippen LogP contribution in [0.15, 0.2) is 48.8 Å². The fourth-order valence-corrected chi connectivity index (χ4v) is 6.69. The predicted octanol–water partition coefficient (Wildman–Crippen LogP) is 7.01. The monoisotopic (exact) mass is 767 g/mol. The highest BCUT2D eigenvalue weighted by Crippen LogP contribution is 2.39. The van der Waals surface area contributed by atoms with Crippen molar-refractivity contribution in [1.82, 2.24) is 9.88 Å². The number of ether oxygens (including phenoxy) is 4. The first-order valence-corrected chi connectivity index (χ1v) is 17.8. The van der Waals surface area contributed by atoms with E-state index >= 15 is 0 Å². The number of rotatable bonds is 15. The number of halogens is 7. The Balaban J connectivity index is 1.45. The van der Waals surface area contributed by atoms with Gasteiger partial charge in [0.15, 0.2) is 11.5 Å². The normalized spacial score (nSPS) is 16.2. The molecule has 1 aromatic heterocycles. The molecule has 2 aliphatic rings. The van der Waals surface area contributed by atoms with Crippen LogP contribution in [0.4, 0.5) is 27.6 Å². The highest BCUT2D eigenvalue weighted by molar-refractivity contribution is 7.92. The third-order valence-corrected chi connectivity index (χ3v) is 9.83. The summed E-state index contributed by atoms with van der Waals surface area (Å²) in [6, 6.07) is 6.07. The molecule has 50 heavy (non-hydrogen) atoms. The molecular formula is C32H32Cl2F5N3O7S. The Bertz CT molecular complexity index is 1760. The van der Waals surface area contributed by atoms with Gasteiger partial charge in [0.1, 0.15) is 6.10 Å². The number of hydrogen-bond acceptors (Lipinski definition) is 9. The Kier molecular flexibility index (Phi) is 12.3. The number of anilines is 1. The third-order valence-electron chi connectivity index (χ3n) is 7.92. The van der Waals surface area contributed by atoms with Gasteiger partial charge in [0, 0.05) is 38.4 Å². The van der Waals surface area contributed by atoms with Crippen LogP contribution < -0.4 is 14.2 Å². The van der Waals surface area contributed by atoms with Gasteiger partial charge in [-0.05, 0) is 60.2 Å². The Labute approximate surface area is 294 Å².